The fraction of sp³-hybridized carbons (Fsp3) is 0.167. The summed E-state index contributed by atoms with van der Waals surface area (Å²) in [4.78, 5) is 21.3. The molecule has 0 aliphatic rings. The molecule has 0 saturated carbocycles. The van der Waals surface area contributed by atoms with Gasteiger partial charge in [0.15, 0.2) is 23.3 Å². The van der Waals surface area contributed by atoms with Gasteiger partial charge in [0.2, 0.25) is 5.91 Å². The van der Waals surface area contributed by atoms with E-state index in [-0.39, 0.29) is 19.0 Å². The molecule has 0 saturated heterocycles. The van der Waals surface area contributed by atoms with Crippen LogP contribution in [0.25, 0.3) is 0 Å². The van der Waals surface area contributed by atoms with Gasteiger partial charge in [-0.25, -0.2) is 17.6 Å². The van der Waals surface area contributed by atoms with Crippen molar-refractivity contribution in [2.75, 3.05) is 5.32 Å². The van der Waals surface area contributed by atoms with Gasteiger partial charge < -0.3 is 15.4 Å². The van der Waals surface area contributed by atoms with E-state index in [1.165, 1.54) is 6.20 Å². The third-order valence-electron chi connectivity index (χ3n) is 2.76. The molecular weight excluding hydrogens is 324 g/mol. The van der Waals surface area contributed by atoms with Crippen molar-refractivity contribution in [2.24, 2.45) is 0 Å². The second kappa shape index (κ2) is 6.42. The molecule has 1 N–H and O–H groups in total. The second-order valence-corrected chi connectivity index (χ2v) is 4.34. The van der Waals surface area contributed by atoms with Crippen LogP contribution >= 0.6 is 0 Å². The van der Waals surface area contributed by atoms with Crippen molar-refractivity contribution < 1.29 is 27.3 Å². The van der Waals surface area contributed by atoms with Gasteiger partial charge in [-0.3, -0.25) is 4.79 Å². The van der Waals surface area contributed by atoms with Crippen molar-refractivity contribution in [3.8, 4) is 0 Å². The fourth-order valence-electron chi connectivity index (χ4n) is 1.67. The van der Waals surface area contributed by atoms with Gasteiger partial charge in [-0.15, -0.1) is 0 Å². The molecule has 11 heteroatoms. The summed E-state index contributed by atoms with van der Waals surface area (Å²) in [6, 6.07) is 1.11. The third-order valence-corrected chi connectivity index (χ3v) is 2.76. The molecule has 0 atom stereocenters. The maximum Gasteiger partial charge on any atom is 0.389 e. The maximum atomic E-state index is 13.4. The van der Waals surface area contributed by atoms with E-state index >= 15 is 0 Å². The number of carbonyl (C=O) groups is 1. The minimum atomic E-state index is -1.73. The fourth-order valence-corrected chi connectivity index (χ4v) is 1.67. The molecule has 0 aliphatic carbocycles. The molecule has 2 rings (SSSR count). The Kier molecular flexibility index (Phi) is 4.57. The van der Waals surface area contributed by atoms with Crippen LogP contribution in [0.4, 0.5) is 29.1 Å². The summed E-state index contributed by atoms with van der Waals surface area (Å²) in [7, 11) is 0. The molecule has 0 radical (unpaired) electrons. The van der Waals surface area contributed by atoms with E-state index in [2.05, 4.69) is 5.10 Å². The van der Waals surface area contributed by atoms with E-state index < -0.39 is 45.6 Å². The molecule has 0 unspecified atom stereocenters. The van der Waals surface area contributed by atoms with Crippen LogP contribution in [-0.2, 0) is 11.3 Å². The Morgan fingerprint density at radius 3 is 2.39 bits per heavy atom. The molecule has 2 aromatic rings. The molecule has 23 heavy (non-hydrogen) atoms. The molecule has 7 nitrogen and oxygen atoms in total. The van der Waals surface area contributed by atoms with Crippen LogP contribution in [0.5, 0.6) is 0 Å². The average Bonchev–Trinajstić information content (AvgIpc) is 2.97. The van der Waals surface area contributed by atoms with Crippen LogP contribution in [0.1, 0.15) is 6.42 Å². The van der Waals surface area contributed by atoms with E-state index in [1.54, 1.807) is 5.32 Å². The summed E-state index contributed by atoms with van der Waals surface area (Å²) >= 11 is 0. The summed E-state index contributed by atoms with van der Waals surface area (Å²) in [6.45, 7) is -0.138. The summed E-state index contributed by atoms with van der Waals surface area (Å²) in [5.41, 5.74) is -1.24. The van der Waals surface area contributed by atoms with Crippen molar-refractivity contribution in [3.63, 3.8) is 0 Å². The zero-order valence-electron chi connectivity index (χ0n) is 11.2. The highest BCUT2D eigenvalue weighted by molar-refractivity contribution is 5.90. The quantitative estimate of drug-likeness (QED) is 0.394. The molecule has 0 spiro atoms. The topological polar surface area (TPSA) is 90.1 Å². The Morgan fingerprint density at radius 2 is 1.87 bits per heavy atom. The highest BCUT2D eigenvalue weighted by Gasteiger charge is 2.21. The first-order valence-electron chi connectivity index (χ1n) is 6.10. The average molecular weight is 332 g/mol. The normalized spacial score (nSPS) is 10.6. The predicted molar refractivity (Wildman–Crippen MR) is 68.4 cm³/mol. The van der Waals surface area contributed by atoms with E-state index in [0.717, 1.165) is 10.7 Å². The number of nitrogens with one attached hydrogen (secondary N) is 1. The predicted octanol–water partition coefficient (Wildman–Crippen LogP) is 2.38. The molecule has 1 aromatic carbocycles. The number of anilines is 1. The van der Waals surface area contributed by atoms with Crippen LogP contribution in [0.15, 0.2) is 18.3 Å². The smallest absolute Gasteiger partial charge is 0.358 e. The summed E-state index contributed by atoms with van der Waals surface area (Å²) in [5, 5.41) is 15.7. The lowest BCUT2D eigenvalue weighted by Gasteiger charge is -2.08. The number of amides is 1. The van der Waals surface area contributed by atoms with Crippen LogP contribution in [0, 0.1) is 33.4 Å². The highest BCUT2D eigenvalue weighted by atomic mass is 19.2. The maximum absolute atomic E-state index is 13.4. The van der Waals surface area contributed by atoms with Crippen molar-refractivity contribution in [2.45, 2.75) is 13.0 Å². The van der Waals surface area contributed by atoms with Gasteiger partial charge in [-0.1, -0.05) is 0 Å². The van der Waals surface area contributed by atoms with Gasteiger partial charge in [0.05, 0.1) is 23.9 Å². The second-order valence-electron chi connectivity index (χ2n) is 4.34. The number of hydrogen-bond donors (Lipinski definition) is 1. The van der Waals surface area contributed by atoms with E-state index in [4.69, 9.17) is 0 Å². The largest absolute Gasteiger partial charge is 0.389 e. The highest BCUT2D eigenvalue weighted by Crippen LogP contribution is 2.24. The molecule has 122 valence electrons. The number of halogens is 4. The SMILES string of the molecule is O=C(CCn1ccc([N+](=O)[O-])n1)Nc1c(F)c(F)cc(F)c1F. The standard InChI is InChI=1S/C12H8F4N4O3/c13-6-5-7(14)11(16)12(10(6)15)17-9(21)2-4-19-3-1-8(18-19)20(22)23/h1,3,5H,2,4H2,(H,17,21). The molecule has 0 bridgehead atoms. The zero-order chi connectivity index (χ0) is 17.1. The first-order valence-corrected chi connectivity index (χ1v) is 6.10. The van der Waals surface area contributed by atoms with Crippen LogP contribution in [-0.4, -0.2) is 20.6 Å². The number of aromatic nitrogens is 2. The van der Waals surface area contributed by atoms with Gasteiger partial charge in [-0.05, 0) is 4.92 Å². The molecular formula is C12H8F4N4O3. The number of nitrogens with zero attached hydrogens (tertiary/aromatic N) is 3. The number of carbonyl (C=O) groups excluding carboxylic acids is 1. The summed E-state index contributed by atoms with van der Waals surface area (Å²) in [5.74, 6) is -8.15. The van der Waals surface area contributed by atoms with Crippen LogP contribution in [0.2, 0.25) is 0 Å². The zero-order valence-corrected chi connectivity index (χ0v) is 11.2. The van der Waals surface area contributed by atoms with E-state index in [0.29, 0.717) is 0 Å². The van der Waals surface area contributed by atoms with Crippen molar-refractivity contribution in [3.05, 3.63) is 51.7 Å². The third kappa shape index (κ3) is 3.62. The number of nitro groups is 1. The lowest BCUT2D eigenvalue weighted by molar-refractivity contribution is -0.389. The van der Waals surface area contributed by atoms with Crippen molar-refractivity contribution in [1.29, 1.82) is 0 Å². The van der Waals surface area contributed by atoms with Gasteiger partial charge in [0.1, 0.15) is 5.69 Å². The summed E-state index contributed by atoms with van der Waals surface area (Å²) < 4.78 is 53.8. The number of rotatable bonds is 5. The molecule has 1 heterocycles. The van der Waals surface area contributed by atoms with E-state index in [9.17, 15) is 32.5 Å². The van der Waals surface area contributed by atoms with Crippen molar-refractivity contribution >= 4 is 17.4 Å². The molecule has 1 amide bonds. The first-order chi connectivity index (χ1) is 10.8. The van der Waals surface area contributed by atoms with Gasteiger partial charge in [0.25, 0.3) is 0 Å². The minimum absolute atomic E-state index is 0.0171. The Bertz CT molecular complexity index is 752. The minimum Gasteiger partial charge on any atom is -0.358 e. The molecule has 0 aliphatic heterocycles. The lowest BCUT2D eigenvalue weighted by Crippen LogP contribution is -2.17. The number of aryl methyl sites for hydroxylation is 1. The Hall–Kier alpha value is -2.98. The Labute approximate surface area is 125 Å². The van der Waals surface area contributed by atoms with Gasteiger partial charge in [0, 0.05) is 12.5 Å². The number of benzene rings is 1. The number of hydrogen-bond acceptors (Lipinski definition) is 4. The lowest BCUT2D eigenvalue weighted by atomic mass is 10.2. The van der Waals surface area contributed by atoms with Gasteiger partial charge in [-0.2, -0.15) is 4.68 Å². The first kappa shape index (κ1) is 16.4. The summed E-state index contributed by atoms with van der Waals surface area (Å²) in [6.07, 6.45) is 0.851. The monoisotopic (exact) mass is 332 g/mol. The van der Waals surface area contributed by atoms with Crippen molar-refractivity contribution in [1.82, 2.24) is 9.78 Å². The van der Waals surface area contributed by atoms with Crippen LogP contribution in [0.3, 0.4) is 0 Å². The molecule has 0 fully saturated rings. The Morgan fingerprint density at radius 1 is 1.26 bits per heavy atom. The van der Waals surface area contributed by atoms with Crippen LogP contribution < -0.4 is 5.32 Å². The van der Waals surface area contributed by atoms with Gasteiger partial charge >= 0.3 is 5.82 Å². The Balaban J connectivity index is 2.04. The molecule has 1 aromatic heterocycles. The van der Waals surface area contributed by atoms with E-state index in [1.807, 2.05) is 0 Å².